The molecule has 5 nitrogen and oxygen atoms in total. The molecule has 0 atom stereocenters. The van der Waals surface area contributed by atoms with Gasteiger partial charge in [-0.1, -0.05) is 0 Å². The van der Waals surface area contributed by atoms with E-state index in [0.717, 1.165) is 37.2 Å². The number of hydrogen-bond acceptors (Lipinski definition) is 4. The highest BCUT2D eigenvalue weighted by atomic mass is 16.6. The average Bonchev–Trinajstić information content (AvgIpc) is 2.34. The van der Waals surface area contributed by atoms with E-state index in [1.165, 1.54) is 6.07 Å². The molecule has 5 heteroatoms. The van der Waals surface area contributed by atoms with Crippen LogP contribution in [-0.2, 0) is 4.74 Å². The molecular weight excluding hydrogens is 244 g/mol. The van der Waals surface area contributed by atoms with Crippen LogP contribution in [0.25, 0.3) is 0 Å². The molecule has 0 aliphatic rings. The first-order valence-electron chi connectivity index (χ1n) is 6.61. The largest absolute Gasteiger partial charge is 0.385 e. The number of rotatable bonds is 8. The van der Waals surface area contributed by atoms with Crippen LogP contribution in [0.1, 0.15) is 32.3 Å². The lowest BCUT2D eigenvalue weighted by molar-refractivity contribution is -0.384. The Hall–Kier alpha value is -1.62. The SMILES string of the molecule is Cc1cc([N+](=O)[O-])ccc1NCCCCOC(C)C. The summed E-state index contributed by atoms with van der Waals surface area (Å²) in [6, 6.07) is 4.87. The highest BCUT2D eigenvalue weighted by Gasteiger charge is 2.07. The van der Waals surface area contributed by atoms with Crippen LogP contribution in [0.15, 0.2) is 18.2 Å². The number of nitro benzene ring substituents is 1. The fraction of sp³-hybridized carbons (Fsp3) is 0.571. The average molecular weight is 266 g/mol. The maximum absolute atomic E-state index is 10.6. The monoisotopic (exact) mass is 266 g/mol. The summed E-state index contributed by atoms with van der Waals surface area (Å²) in [4.78, 5) is 10.2. The lowest BCUT2D eigenvalue weighted by Gasteiger charge is -2.10. The molecule has 0 aliphatic heterocycles. The van der Waals surface area contributed by atoms with E-state index in [0.29, 0.717) is 0 Å². The Balaban J connectivity index is 2.32. The number of aryl methyl sites for hydroxylation is 1. The standard InChI is InChI=1S/C14H22N2O3/c1-11(2)19-9-5-4-8-15-14-7-6-13(16(17)18)10-12(14)3/h6-7,10-11,15H,4-5,8-9H2,1-3H3. The van der Waals surface area contributed by atoms with Gasteiger partial charge in [0.15, 0.2) is 0 Å². The fourth-order valence-corrected chi connectivity index (χ4v) is 1.73. The van der Waals surface area contributed by atoms with Gasteiger partial charge in [0.2, 0.25) is 0 Å². The topological polar surface area (TPSA) is 64.4 Å². The molecule has 106 valence electrons. The van der Waals surface area contributed by atoms with Crippen molar-refractivity contribution in [1.29, 1.82) is 0 Å². The van der Waals surface area contributed by atoms with Crippen molar-refractivity contribution in [3.63, 3.8) is 0 Å². The first-order chi connectivity index (χ1) is 9.00. The van der Waals surface area contributed by atoms with Gasteiger partial charge in [0, 0.05) is 31.0 Å². The van der Waals surface area contributed by atoms with Crippen molar-refractivity contribution in [2.75, 3.05) is 18.5 Å². The van der Waals surface area contributed by atoms with Gasteiger partial charge in [0.1, 0.15) is 0 Å². The van der Waals surface area contributed by atoms with E-state index in [-0.39, 0.29) is 16.7 Å². The summed E-state index contributed by atoms with van der Waals surface area (Å²) < 4.78 is 5.46. The third-order valence-corrected chi connectivity index (χ3v) is 2.76. The van der Waals surface area contributed by atoms with Gasteiger partial charge in [-0.2, -0.15) is 0 Å². The molecule has 1 aromatic carbocycles. The van der Waals surface area contributed by atoms with Gasteiger partial charge in [0.25, 0.3) is 5.69 Å². The van der Waals surface area contributed by atoms with Gasteiger partial charge in [-0.3, -0.25) is 10.1 Å². The molecule has 0 aromatic heterocycles. The zero-order chi connectivity index (χ0) is 14.3. The molecule has 0 saturated heterocycles. The maximum atomic E-state index is 10.6. The number of ether oxygens (including phenoxy) is 1. The molecule has 0 bridgehead atoms. The van der Waals surface area contributed by atoms with Gasteiger partial charge in [-0.05, 0) is 45.2 Å². The van der Waals surface area contributed by atoms with Gasteiger partial charge in [-0.25, -0.2) is 0 Å². The quantitative estimate of drug-likeness (QED) is 0.444. The van der Waals surface area contributed by atoms with Crippen LogP contribution in [0.5, 0.6) is 0 Å². The molecule has 0 saturated carbocycles. The fourth-order valence-electron chi connectivity index (χ4n) is 1.73. The van der Waals surface area contributed by atoms with Crippen molar-refractivity contribution in [3.8, 4) is 0 Å². The third kappa shape index (κ3) is 5.70. The summed E-state index contributed by atoms with van der Waals surface area (Å²) in [6.45, 7) is 7.55. The normalized spacial score (nSPS) is 10.7. The summed E-state index contributed by atoms with van der Waals surface area (Å²) in [6.07, 6.45) is 2.31. The summed E-state index contributed by atoms with van der Waals surface area (Å²) in [5.74, 6) is 0. The lowest BCUT2D eigenvalue weighted by Crippen LogP contribution is -2.07. The number of nitro groups is 1. The minimum atomic E-state index is -0.375. The second-order valence-electron chi connectivity index (χ2n) is 4.81. The molecule has 0 unspecified atom stereocenters. The van der Waals surface area contributed by atoms with Crippen LogP contribution in [0.2, 0.25) is 0 Å². The first-order valence-corrected chi connectivity index (χ1v) is 6.61. The van der Waals surface area contributed by atoms with Gasteiger partial charge in [-0.15, -0.1) is 0 Å². The first kappa shape index (κ1) is 15.4. The van der Waals surface area contributed by atoms with Crippen LogP contribution in [0.4, 0.5) is 11.4 Å². The van der Waals surface area contributed by atoms with Crippen LogP contribution in [0, 0.1) is 17.0 Å². The number of benzene rings is 1. The van der Waals surface area contributed by atoms with Crippen LogP contribution in [0.3, 0.4) is 0 Å². The van der Waals surface area contributed by atoms with Crippen LogP contribution in [-0.4, -0.2) is 24.2 Å². The Morgan fingerprint density at radius 1 is 1.37 bits per heavy atom. The Bertz CT molecular complexity index is 419. The number of nitrogens with one attached hydrogen (secondary N) is 1. The molecular formula is C14H22N2O3. The molecule has 1 N–H and O–H groups in total. The Labute approximate surface area is 114 Å². The summed E-state index contributed by atoms with van der Waals surface area (Å²) >= 11 is 0. The van der Waals surface area contributed by atoms with Crippen molar-refractivity contribution in [3.05, 3.63) is 33.9 Å². The van der Waals surface area contributed by atoms with Crippen molar-refractivity contribution >= 4 is 11.4 Å². The maximum Gasteiger partial charge on any atom is 0.269 e. The summed E-state index contributed by atoms with van der Waals surface area (Å²) in [5.41, 5.74) is 1.98. The van der Waals surface area contributed by atoms with Gasteiger partial charge >= 0.3 is 0 Å². The van der Waals surface area contributed by atoms with E-state index >= 15 is 0 Å². The second kappa shape index (κ2) is 7.74. The van der Waals surface area contributed by atoms with Gasteiger partial charge < -0.3 is 10.1 Å². The summed E-state index contributed by atoms with van der Waals surface area (Å²) in [5, 5.41) is 13.9. The smallest absolute Gasteiger partial charge is 0.269 e. The van der Waals surface area contributed by atoms with Crippen molar-refractivity contribution < 1.29 is 9.66 Å². The van der Waals surface area contributed by atoms with E-state index in [9.17, 15) is 10.1 Å². The number of unbranched alkanes of at least 4 members (excludes halogenated alkanes) is 1. The number of nitrogens with zero attached hydrogens (tertiary/aromatic N) is 1. The molecule has 0 fully saturated rings. The number of non-ortho nitro benzene ring substituents is 1. The molecule has 19 heavy (non-hydrogen) atoms. The van der Waals surface area contributed by atoms with Crippen molar-refractivity contribution in [2.24, 2.45) is 0 Å². The molecule has 0 aliphatic carbocycles. The predicted molar refractivity (Wildman–Crippen MR) is 76.6 cm³/mol. The van der Waals surface area contributed by atoms with Crippen LogP contribution < -0.4 is 5.32 Å². The Morgan fingerprint density at radius 3 is 2.68 bits per heavy atom. The molecule has 0 radical (unpaired) electrons. The number of hydrogen-bond donors (Lipinski definition) is 1. The Morgan fingerprint density at radius 2 is 2.11 bits per heavy atom. The zero-order valence-corrected chi connectivity index (χ0v) is 11.8. The van der Waals surface area contributed by atoms with Crippen molar-refractivity contribution in [1.82, 2.24) is 0 Å². The zero-order valence-electron chi connectivity index (χ0n) is 11.8. The third-order valence-electron chi connectivity index (χ3n) is 2.76. The minimum Gasteiger partial charge on any atom is -0.385 e. The molecule has 1 aromatic rings. The molecule has 0 amide bonds. The lowest BCUT2D eigenvalue weighted by atomic mass is 10.1. The highest BCUT2D eigenvalue weighted by molar-refractivity contribution is 5.55. The summed E-state index contributed by atoms with van der Waals surface area (Å²) in [7, 11) is 0. The van der Waals surface area contributed by atoms with Crippen molar-refractivity contribution in [2.45, 2.75) is 39.7 Å². The second-order valence-corrected chi connectivity index (χ2v) is 4.81. The van der Waals surface area contributed by atoms with E-state index in [1.54, 1.807) is 12.1 Å². The highest BCUT2D eigenvalue weighted by Crippen LogP contribution is 2.21. The molecule has 0 heterocycles. The Kier molecular flexibility index (Phi) is 6.29. The predicted octanol–water partition coefficient (Wildman–Crippen LogP) is 3.52. The van der Waals surface area contributed by atoms with Gasteiger partial charge in [0.05, 0.1) is 11.0 Å². The molecule has 0 spiro atoms. The van der Waals surface area contributed by atoms with E-state index in [4.69, 9.17) is 4.74 Å². The van der Waals surface area contributed by atoms with E-state index in [1.807, 2.05) is 20.8 Å². The van der Waals surface area contributed by atoms with E-state index in [2.05, 4.69) is 5.32 Å². The number of anilines is 1. The minimum absolute atomic E-state index is 0.133. The van der Waals surface area contributed by atoms with Crippen LogP contribution >= 0.6 is 0 Å². The molecule has 1 rings (SSSR count). The van der Waals surface area contributed by atoms with E-state index < -0.39 is 0 Å².